The lowest BCUT2D eigenvalue weighted by Crippen LogP contribution is -2.08. The van der Waals surface area contributed by atoms with Gasteiger partial charge in [-0.3, -0.25) is 0 Å². The van der Waals surface area contributed by atoms with Gasteiger partial charge in [0.15, 0.2) is 0 Å². The first-order chi connectivity index (χ1) is 11.5. The zero-order chi connectivity index (χ0) is 17.5. The molecule has 0 aliphatic rings. The molecule has 0 spiro atoms. The van der Waals surface area contributed by atoms with Gasteiger partial charge in [-0.2, -0.15) is 0 Å². The van der Waals surface area contributed by atoms with E-state index < -0.39 is 0 Å². The van der Waals surface area contributed by atoms with Crippen molar-refractivity contribution in [3.05, 3.63) is 69.2 Å². The second kappa shape index (κ2) is 8.90. The van der Waals surface area contributed by atoms with Crippen molar-refractivity contribution >= 4 is 39.6 Å². The van der Waals surface area contributed by atoms with Crippen molar-refractivity contribution in [2.45, 2.75) is 26.6 Å². The minimum atomic E-state index is -0.387. The zero-order valence-corrected chi connectivity index (χ0v) is 15.8. The van der Waals surface area contributed by atoms with Gasteiger partial charge >= 0.3 is 5.97 Å². The molecule has 2 aromatic carbocycles. The molecule has 0 N–H and O–H groups in total. The van der Waals surface area contributed by atoms with Crippen molar-refractivity contribution in [3.8, 4) is 5.75 Å². The van der Waals surface area contributed by atoms with E-state index in [0.29, 0.717) is 17.4 Å². The molecule has 0 amide bonds. The molecule has 0 atom stereocenters. The maximum atomic E-state index is 11.7. The fourth-order valence-corrected chi connectivity index (χ4v) is 2.55. The van der Waals surface area contributed by atoms with Crippen LogP contribution in [0.25, 0.3) is 6.08 Å². The summed E-state index contributed by atoms with van der Waals surface area (Å²) < 4.78 is 11.8. The van der Waals surface area contributed by atoms with Crippen LogP contribution in [0.4, 0.5) is 0 Å². The van der Waals surface area contributed by atoms with Crippen LogP contribution in [0.15, 0.2) is 53.0 Å². The van der Waals surface area contributed by atoms with E-state index in [-0.39, 0.29) is 12.1 Å². The molecule has 0 aliphatic heterocycles. The third-order valence-corrected chi connectivity index (χ3v) is 3.93. The number of carbonyl (C=O) groups is 1. The van der Waals surface area contributed by atoms with Crippen molar-refractivity contribution in [3.63, 3.8) is 0 Å². The Kier molecular flexibility index (Phi) is 6.88. The molecule has 0 unspecified atom stereocenters. The number of rotatable bonds is 6. The summed E-state index contributed by atoms with van der Waals surface area (Å²) in [4.78, 5) is 11.7. The van der Waals surface area contributed by atoms with E-state index in [1.165, 1.54) is 6.08 Å². The highest BCUT2D eigenvalue weighted by Crippen LogP contribution is 2.26. The Labute approximate surface area is 155 Å². The fourth-order valence-electron chi connectivity index (χ4n) is 1.98. The molecule has 2 rings (SSSR count). The molecule has 0 aliphatic carbocycles. The van der Waals surface area contributed by atoms with Crippen LogP contribution in [0.3, 0.4) is 0 Å². The van der Waals surface area contributed by atoms with E-state index in [1.54, 1.807) is 6.08 Å². The Bertz CT molecular complexity index is 741. The summed E-state index contributed by atoms with van der Waals surface area (Å²) in [7, 11) is 0. The van der Waals surface area contributed by atoms with Crippen LogP contribution in [-0.4, -0.2) is 12.1 Å². The minimum Gasteiger partial charge on any atom is -0.488 e. The highest BCUT2D eigenvalue weighted by atomic mass is 79.9. The Morgan fingerprint density at radius 2 is 2.00 bits per heavy atom. The number of ether oxygens (including phenoxy) is 2. The van der Waals surface area contributed by atoms with Crippen LogP contribution >= 0.6 is 27.5 Å². The van der Waals surface area contributed by atoms with Gasteiger partial charge in [-0.25, -0.2) is 4.79 Å². The van der Waals surface area contributed by atoms with Crippen LogP contribution in [0.2, 0.25) is 5.02 Å². The molecule has 2 aromatic rings. The van der Waals surface area contributed by atoms with Gasteiger partial charge in [0, 0.05) is 26.7 Å². The molecular formula is C19H18BrClO3. The summed E-state index contributed by atoms with van der Waals surface area (Å²) in [5.74, 6) is 0.272. The quantitative estimate of drug-likeness (QED) is 0.457. The molecule has 0 bridgehead atoms. The standard InChI is InChI=1S/C19H18BrClO3/c1-13(2)24-19(22)10-7-14-11-16(20)8-9-18(14)23-12-15-5-3-4-6-17(15)21/h3-11,13H,12H2,1-2H3/b10-7+. The van der Waals surface area contributed by atoms with Crippen LogP contribution in [0.1, 0.15) is 25.0 Å². The lowest BCUT2D eigenvalue weighted by molar-refractivity contribution is -0.141. The molecule has 24 heavy (non-hydrogen) atoms. The number of carbonyl (C=O) groups excluding carboxylic acids is 1. The molecule has 0 saturated heterocycles. The van der Waals surface area contributed by atoms with Crippen molar-refractivity contribution < 1.29 is 14.3 Å². The zero-order valence-electron chi connectivity index (χ0n) is 13.5. The molecular weight excluding hydrogens is 392 g/mol. The predicted octanol–water partition coefficient (Wildman–Crippen LogP) is 5.65. The third-order valence-electron chi connectivity index (χ3n) is 3.06. The maximum Gasteiger partial charge on any atom is 0.331 e. The monoisotopic (exact) mass is 408 g/mol. The van der Waals surface area contributed by atoms with Crippen molar-refractivity contribution in [2.75, 3.05) is 0 Å². The van der Waals surface area contributed by atoms with Gasteiger partial charge in [0.2, 0.25) is 0 Å². The fraction of sp³-hybridized carbons (Fsp3) is 0.211. The SMILES string of the molecule is CC(C)OC(=O)/C=C/c1cc(Br)ccc1OCc1ccccc1Cl. The second-order valence-electron chi connectivity index (χ2n) is 5.38. The minimum absolute atomic E-state index is 0.152. The summed E-state index contributed by atoms with van der Waals surface area (Å²) in [6.07, 6.45) is 2.92. The van der Waals surface area contributed by atoms with E-state index in [1.807, 2.05) is 56.3 Å². The first-order valence-corrected chi connectivity index (χ1v) is 8.67. The molecule has 0 fully saturated rings. The van der Waals surface area contributed by atoms with Crippen LogP contribution < -0.4 is 4.74 Å². The molecule has 126 valence electrons. The average molecular weight is 410 g/mol. The van der Waals surface area contributed by atoms with Gasteiger partial charge in [-0.1, -0.05) is 45.7 Å². The first-order valence-electron chi connectivity index (χ1n) is 7.50. The molecule has 0 heterocycles. The van der Waals surface area contributed by atoms with Crippen LogP contribution in [0, 0.1) is 0 Å². The summed E-state index contributed by atoms with van der Waals surface area (Å²) in [5, 5.41) is 0.659. The Morgan fingerprint density at radius 3 is 2.71 bits per heavy atom. The highest BCUT2D eigenvalue weighted by molar-refractivity contribution is 9.10. The van der Waals surface area contributed by atoms with Gasteiger partial charge < -0.3 is 9.47 Å². The van der Waals surface area contributed by atoms with Gasteiger partial charge in [0.05, 0.1) is 6.10 Å². The highest BCUT2D eigenvalue weighted by Gasteiger charge is 2.06. The number of benzene rings is 2. The summed E-state index contributed by atoms with van der Waals surface area (Å²) >= 11 is 9.57. The van der Waals surface area contributed by atoms with Gasteiger partial charge in [0.1, 0.15) is 12.4 Å². The molecule has 5 heteroatoms. The number of hydrogen-bond donors (Lipinski definition) is 0. The van der Waals surface area contributed by atoms with Gasteiger partial charge in [-0.05, 0) is 44.2 Å². The number of hydrogen-bond acceptors (Lipinski definition) is 3. The number of halogens is 2. The summed E-state index contributed by atoms with van der Waals surface area (Å²) in [5.41, 5.74) is 1.67. The van der Waals surface area contributed by atoms with Crippen molar-refractivity contribution in [1.82, 2.24) is 0 Å². The molecule has 3 nitrogen and oxygen atoms in total. The van der Waals surface area contributed by atoms with E-state index in [2.05, 4.69) is 15.9 Å². The lowest BCUT2D eigenvalue weighted by atomic mass is 10.2. The van der Waals surface area contributed by atoms with Gasteiger partial charge in [-0.15, -0.1) is 0 Å². The van der Waals surface area contributed by atoms with Gasteiger partial charge in [0.25, 0.3) is 0 Å². The van der Waals surface area contributed by atoms with Crippen LogP contribution in [-0.2, 0) is 16.1 Å². The summed E-state index contributed by atoms with van der Waals surface area (Å²) in [6, 6.07) is 13.1. The predicted molar refractivity (Wildman–Crippen MR) is 100 cm³/mol. The maximum absolute atomic E-state index is 11.7. The van der Waals surface area contributed by atoms with E-state index in [0.717, 1.165) is 15.6 Å². The lowest BCUT2D eigenvalue weighted by Gasteiger charge is -2.11. The Morgan fingerprint density at radius 1 is 1.25 bits per heavy atom. The van der Waals surface area contributed by atoms with Crippen LogP contribution in [0.5, 0.6) is 5.75 Å². The topological polar surface area (TPSA) is 35.5 Å². The van der Waals surface area contributed by atoms with Crippen molar-refractivity contribution in [2.24, 2.45) is 0 Å². The van der Waals surface area contributed by atoms with Crippen molar-refractivity contribution in [1.29, 1.82) is 0 Å². The summed E-state index contributed by atoms with van der Waals surface area (Å²) in [6.45, 7) is 3.96. The molecule has 0 radical (unpaired) electrons. The Hall–Kier alpha value is -1.78. The Balaban J connectivity index is 2.14. The van der Waals surface area contributed by atoms with E-state index >= 15 is 0 Å². The third kappa shape index (κ3) is 5.69. The first kappa shape index (κ1) is 18.6. The average Bonchev–Trinajstić information content (AvgIpc) is 2.52. The largest absolute Gasteiger partial charge is 0.488 e. The number of esters is 1. The normalized spacial score (nSPS) is 11.0. The molecule has 0 saturated carbocycles. The second-order valence-corrected chi connectivity index (χ2v) is 6.70. The molecule has 0 aromatic heterocycles. The smallest absolute Gasteiger partial charge is 0.331 e. The van der Waals surface area contributed by atoms with E-state index in [9.17, 15) is 4.79 Å². The van der Waals surface area contributed by atoms with E-state index in [4.69, 9.17) is 21.1 Å².